The first-order valence-electron chi connectivity index (χ1n) is 13.5. The topological polar surface area (TPSA) is 98.6 Å². The molecule has 1 aromatic heterocycles. The number of nitrogens with one attached hydrogen (secondary N) is 1. The van der Waals surface area contributed by atoms with E-state index in [1.807, 2.05) is 55.5 Å². The van der Waals surface area contributed by atoms with Crippen molar-refractivity contribution in [1.82, 2.24) is 19.9 Å². The first kappa shape index (κ1) is 25.6. The Morgan fingerprint density at radius 2 is 1.88 bits per heavy atom. The number of aryl methyl sites for hydroxylation is 1. The predicted molar refractivity (Wildman–Crippen MR) is 151 cm³/mol. The highest BCUT2D eigenvalue weighted by molar-refractivity contribution is 5.98. The number of rotatable bonds is 8. The van der Waals surface area contributed by atoms with Crippen LogP contribution in [0.5, 0.6) is 11.5 Å². The molecule has 0 radical (unpaired) electrons. The normalized spacial score (nSPS) is 16.6. The highest BCUT2D eigenvalue weighted by atomic mass is 16.7. The number of nitrogens with zero attached hydrogens (tertiary/aromatic N) is 4. The van der Waals surface area contributed by atoms with E-state index < -0.39 is 6.04 Å². The third kappa shape index (κ3) is 5.40. The van der Waals surface area contributed by atoms with Crippen molar-refractivity contribution in [3.63, 3.8) is 0 Å². The number of amides is 2. The average molecular weight is 538 g/mol. The Bertz CT molecular complexity index is 1560. The molecule has 0 spiro atoms. The first-order chi connectivity index (χ1) is 19.5. The van der Waals surface area contributed by atoms with Crippen molar-refractivity contribution in [2.75, 3.05) is 12.1 Å². The van der Waals surface area contributed by atoms with Gasteiger partial charge in [-0.05, 0) is 61.9 Å². The molecule has 0 fully saturated rings. The van der Waals surface area contributed by atoms with Crippen LogP contribution in [0.2, 0.25) is 0 Å². The summed E-state index contributed by atoms with van der Waals surface area (Å²) in [5.41, 5.74) is 4.17. The summed E-state index contributed by atoms with van der Waals surface area (Å²) < 4.78 is 12.5. The molecule has 9 heteroatoms. The van der Waals surface area contributed by atoms with Gasteiger partial charge in [0.2, 0.25) is 18.6 Å². The van der Waals surface area contributed by atoms with Crippen molar-refractivity contribution in [2.45, 2.75) is 45.3 Å². The van der Waals surface area contributed by atoms with Crippen LogP contribution in [0.25, 0.3) is 11.0 Å². The zero-order chi connectivity index (χ0) is 27.5. The maximum absolute atomic E-state index is 14.1. The Kier molecular flexibility index (Phi) is 7.18. The van der Waals surface area contributed by atoms with E-state index in [1.54, 1.807) is 27.8 Å². The van der Waals surface area contributed by atoms with Crippen LogP contribution in [-0.2, 0) is 22.7 Å². The van der Waals surface area contributed by atoms with E-state index in [-0.39, 0.29) is 31.1 Å². The fourth-order valence-corrected chi connectivity index (χ4v) is 5.39. The molecular weight excluding hydrogens is 506 g/mol. The van der Waals surface area contributed by atoms with Crippen molar-refractivity contribution < 1.29 is 19.1 Å². The van der Waals surface area contributed by atoms with Crippen molar-refractivity contribution in [1.29, 1.82) is 0 Å². The number of aromatic nitrogens is 3. The summed E-state index contributed by atoms with van der Waals surface area (Å²) in [5, 5.41) is 11.5. The quantitative estimate of drug-likeness (QED) is 0.322. The van der Waals surface area contributed by atoms with Crippen LogP contribution in [0.15, 0.2) is 78.9 Å². The van der Waals surface area contributed by atoms with Gasteiger partial charge in [0.25, 0.3) is 0 Å². The third-order valence-corrected chi connectivity index (χ3v) is 7.50. The lowest BCUT2D eigenvalue weighted by molar-refractivity contribution is -0.142. The molecule has 0 saturated heterocycles. The molecule has 204 valence electrons. The molecule has 2 unspecified atom stereocenters. The summed E-state index contributed by atoms with van der Waals surface area (Å²) in [5.74, 6) is 0.754. The summed E-state index contributed by atoms with van der Waals surface area (Å²) in [6.07, 6.45) is 6.62. The molecule has 1 aliphatic carbocycles. The van der Waals surface area contributed by atoms with Gasteiger partial charge in [0.1, 0.15) is 18.1 Å². The van der Waals surface area contributed by atoms with E-state index in [2.05, 4.69) is 27.8 Å². The molecule has 6 rings (SSSR count). The highest BCUT2D eigenvalue weighted by Gasteiger charge is 2.37. The van der Waals surface area contributed by atoms with Crippen molar-refractivity contribution >= 4 is 28.5 Å². The number of anilines is 1. The summed E-state index contributed by atoms with van der Waals surface area (Å²) in [6.45, 7) is 2.45. The van der Waals surface area contributed by atoms with Gasteiger partial charge in [-0.15, -0.1) is 5.10 Å². The second kappa shape index (κ2) is 11.2. The number of allylic oxidation sites excluding steroid dienone is 2. The molecule has 3 aromatic carbocycles. The molecule has 1 N–H and O–H groups in total. The van der Waals surface area contributed by atoms with Crippen molar-refractivity contribution in [2.24, 2.45) is 5.92 Å². The SMILES string of the molecule is Cc1ccc(CN(C(=O)Cn2nnc3ccccc32)C(C(=O)Nc2ccc3c(c2)OCO3)C2CC=CCC2)cc1. The number of hydrogen-bond donors (Lipinski definition) is 1. The number of ether oxygens (including phenoxy) is 2. The Hall–Kier alpha value is -4.66. The predicted octanol–water partition coefficient (Wildman–Crippen LogP) is 4.86. The van der Waals surface area contributed by atoms with Crippen LogP contribution >= 0.6 is 0 Å². The zero-order valence-corrected chi connectivity index (χ0v) is 22.3. The lowest BCUT2D eigenvalue weighted by Crippen LogP contribution is -2.52. The molecule has 9 nitrogen and oxygen atoms in total. The number of para-hydroxylation sites is 1. The third-order valence-electron chi connectivity index (χ3n) is 7.50. The second-order valence-electron chi connectivity index (χ2n) is 10.3. The van der Waals surface area contributed by atoms with Gasteiger partial charge in [0.05, 0.1) is 5.52 Å². The Morgan fingerprint density at radius 1 is 1.05 bits per heavy atom. The molecule has 0 bridgehead atoms. The summed E-state index contributed by atoms with van der Waals surface area (Å²) in [7, 11) is 0. The number of hydrogen-bond acceptors (Lipinski definition) is 6. The number of carbonyl (C=O) groups excluding carboxylic acids is 2. The van der Waals surface area contributed by atoms with E-state index in [0.29, 0.717) is 30.2 Å². The molecule has 40 heavy (non-hydrogen) atoms. The van der Waals surface area contributed by atoms with Gasteiger partial charge < -0.3 is 19.7 Å². The molecule has 0 saturated carbocycles. The molecule has 4 aromatic rings. The maximum atomic E-state index is 14.1. The Morgan fingerprint density at radius 3 is 2.70 bits per heavy atom. The van der Waals surface area contributed by atoms with Gasteiger partial charge in [-0.3, -0.25) is 9.59 Å². The van der Waals surface area contributed by atoms with Gasteiger partial charge in [0, 0.05) is 18.3 Å². The van der Waals surface area contributed by atoms with Crippen LogP contribution in [0.1, 0.15) is 30.4 Å². The minimum absolute atomic E-state index is 0.0251. The van der Waals surface area contributed by atoms with Crippen LogP contribution in [0.4, 0.5) is 5.69 Å². The van der Waals surface area contributed by atoms with E-state index in [9.17, 15) is 9.59 Å². The molecule has 2 aliphatic rings. The average Bonchev–Trinajstić information content (AvgIpc) is 3.61. The van der Waals surface area contributed by atoms with Gasteiger partial charge >= 0.3 is 0 Å². The summed E-state index contributed by atoms with van der Waals surface area (Å²) in [6, 6.07) is 20.2. The monoisotopic (exact) mass is 537 g/mol. The minimum atomic E-state index is -0.695. The summed E-state index contributed by atoms with van der Waals surface area (Å²) >= 11 is 0. The zero-order valence-electron chi connectivity index (χ0n) is 22.3. The van der Waals surface area contributed by atoms with Crippen LogP contribution in [0, 0.1) is 12.8 Å². The standard InChI is InChI=1S/C31H31N5O4/c1-21-11-13-22(14-12-21)18-35(29(37)19-36-26-10-6-5-9-25(26)33-34-36)30(23-7-3-2-4-8-23)31(38)32-24-15-16-27-28(17-24)40-20-39-27/h2-3,5-6,9-17,23,30H,4,7-8,18-20H2,1H3,(H,32,38). The molecule has 2 amide bonds. The van der Waals surface area contributed by atoms with E-state index in [4.69, 9.17) is 9.47 Å². The molecule has 1 aliphatic heterocycles. The number of benzene rings is 3. The van der Waals surface area contributed by atoms with E-state index in [1.165, 1.54) is 0 Å². The molecular formula is C31H31N5O4. The smallest absolute Gasteiger partial charge is 0.247 e. The highest BCUT2D eigenvalue weighted by Crippen LogP contribution is 2.35. The largest absolute Gasteiger partial charge is 0.454 e. The van der Waals surface area contributed by atoms with E-state index >= 15 is 0 Å². The van der Waals surface area contributed by atoms with Gasteiger partial charge in [-0.2, -0.15) is 0 Å². The lowest BCUT2D eigenvalue weighted by Gasteiger charge is -2.37. The van der Waals surface area contributed by atoms with Crippen LogP contribution < -0.4 is 14.8 Å². The summed E-state index contributed by atoms with van der Waals surface area (Å²) in [4.78, 5) is 29.9. The fourth-order valence-electron chi connectivity index (χ4n) is 5.39. The van der Waals surface area contributed by atoms with Crippen molar-refractivity contribution in [3.8, 4) is 11.5 Å². The van der Waals surface area contributed by atoms with Gasteiger partial charge in [-0.1, -0.05) is 59.3 Å². The lowest BCUT2D eigenvalue weighted by atomic mass is 9.85. The maximum Gasteiger partial charge on any atom is 0.247 e. The number of carbonyl (C=O) groups is 2. The van der Waals surface area contributed by atoms with Crippen LogP contribution in [-0.4, -0.2) is 44.5 Å². The molecule has 2 heterocycles. The molecule has 2 atom stereocenters. The van der Waals surface area contributed by atoms with Crippen molar-refractivity contribution in [3.05, 3.63) is 90.0 Å². The van der Waals surface area contributed by atoms with Gasteiger partial charge in [-0.25, -0.2) is 4.68 Å². The Balaban J connectivity index is 1.34. The van der Waals surface area contributed by atoms with Gasteiger partial charge in [0.15, 0.2) is 11.5 Å². The van der Waals surface area contributed by atoms with Crippen LogP contribution in [0.3, 0.4) is 0 Å². The first-order valence-corrected chi connectivity index (χ1v) is 13.5. The minimum Gasteiger partial charge on any atom is -0.454 e. The number of fused-ring (bicyclic) bond motifs is 2. The second-order valence-corrected chi connectivity index (χ2v) is 10.3. The Labute approximate surface area is 232 Å². The fraction of sp³-hybridized carbons (Fsp3) is 0.290. The van der Waals surface area contributed by atoms with E-state index in [0.717, 1.165) is 35.0 Å².